The molecule has 0 N–H and O–H groups in total. The van der Waals surface area contributed by atoms with E-state index in [1.807, 2.05) is 78.9 Å². The maximum Gasteiger partial charge on any atom is 0.248 e. The molecule has 1 aliphatic carbocycles. The molecule has 34 heavy (non-hydrogen) atoms. The Morgan fingerprint density at radius 2 is 1.21 bits per heavy atom. The average Bonchev–Trinajstić information content (AvgIpc) is 3.59. The van der Waals surface area contributed by atoms with Crippen LogP contribution in [-0.4, -0.2) is 25.0 Å². The van der Waals surface area contributed by atoms with Crippen molar-refractivity contribution in [1.29, 1.82) is 0 Å². The molecular weight excluding hydrogens is 422 g/mol. The lowest BCUT2D eigenvalue weighted by molar-refractivity contribution is 0.554. The van der Waals surface area contributed by atoms with Gasteiger partial charge in [-0.15, -0.1) is 20.4 Å². The summed E-state index contributed by atoms with van der Waals surface area (Å²) in [5.74, 6) is 2.60. The molecule has 0 saturated heterocycles. The van der Waals surface area contributed by atoms with Crippen molar-refractivity contribution in [2.24, 2.45) is 0 Å². The van der Waals surface area contributed by atoms with Gasteiger partial charge in [0.25, 0.3) is 0 Å². The zero-order valence-electron chi connectivity index (χ0n) is 18.4. The molecule has 0 aliphatic heterocycles. The first-order valence-electron chi connectivity index (χ1n) is 11.2. The molecule has 0 saturated carbocycles. The van der Waals surface area contributed by atoms with Gasteiger partial charge in [0, 0.05) is 28.0 Å². The lowest BCUT2D eigenvalue weighted by Gasteiger charge is -2.11. The van der Waals surface area contributed by atoms with Gasteiger partial charge in [-0.2, -0.15) is 0 Å². The van der Waals surface area contributed by atoms with E-state index in [1.165, 1.54) is 0 Å². The number of benzene rings is 3. The van der Waals surface area contributed by atoms with E-state index in [1.54, 1.807) is 0 Å². The van der Waals surface area contributed by atoms with Crippen LogP contribution in [0.5, 0.6) is 0 Å². The molecule has 2 heterocycles. The molecule has 6 heteroatoms. The Kier molecular flexibility index (Phi) is 5.16. The summed E-state index contributed by atoms with van der Waals surface area (Å²) in [6, 6.07) is 28.2. The molecule has 2 aromatic heterocycles. The topological polar surface area (TPSA) is 69.6 Å². The fourth-order valence-corrected chi connectivity index (χ4v) is 4.06. The van der Waals surface area contributed by atoms with Gasteiger partial charge in [-0.1, -0.05) is 78.9 Å². The number of para-hydroxylation sites is 1. The van der Waals surface area contributed by atoms with Crippen molar-refractivity contribution in [3.63, 3.8) is 0 Å². The maximum atomic E-state index is 5.93. The van der Waals surface area contributed by atoms with Crippen LogP contribution in [0.2, 0.25) is 0 Å². The Morgan fingerprint density at radius 1 is 0.588 bits per heavy atom. The van der Waals surface area contributed by atoms with Crippen LogP contribution in [0.15, 0.2) is 108 Å². The van der Waals surface area contributed by atoms with Gasteiger partial charge in [-0.25, -0.2) is 0 Å². The highest BCUT2D eigenvalue weighted by Gasteiger charge is 2.18. The third kappa shape index (κ3) is 3.75. The molecule has 0 fully saturated rings. The minimum absolute atomic E-state index is 0.496. The number of rotatable bonds is 5. The largest absolute Gasteiger partial charge is 0.416 e. The Labute approximate surface area is 196 Å². The van der Waals surface area contributed by atoms with Gasteiger partial charge in [0.1, 0.15) is 0 Å². The molecule has 164 valence electrons. The van der Waals surface area contributed by atoms with E-state index >= 15 is 0 Å². The van der Waals surface area contributed by atoms with E-state index in [0.29, 0.717) is 11.8 Å². The number of aromatic nitrogens is 5. The summed E-state index contributed by atoms with van der Waals surface area (Å²) in [7, 11) is 0. The summed E-state index contributed by atoms with van der Waals surface area (Å²) in [5.41, 5.74) is 4.79. The quantitative estimate of drug-likeness (QED) is 0.315. The average molecular weight is 444 g/mol. The van der Waals surface area contributed by atoms with Crippen LogP contribution in [-0.2, 0) is 0 Å². The monoisotopic (exact) mass is 443 g/mol. The van der Waals surface area contributed by atoms with Crippen LogP contribution < -0.4 is 0 Å². The molecule has 0 amide bonds. The Bertz CT molecular complexity index is 1480. The standard InChI is InChI=1S/C28H21N5O/c1-4-10-20(11-5-1)25-29-30-26(33(25)24-14-8-3-9-15-24)21-16-18-23(19-17-21)28-32-31-27(34-28)22-12-6-2-7-13-22/h1,3-6,8-19H,2,7H2. The lowest BCUT2D eigenvalue weighted by atomic mass is 10.1. The van der Waals surface area contributed by atoms with Gasteiger partial charge < -0.3 is 4.42 Å². The van der Waals surface area contributed by atoms with Crippen molar-refractivity contribution in [3.05, 3.63) is 109 Å². The van der Waals surface area contributed by atoms with Gasteiger partial charge in [0.15, 0.2) is 11.6 Å². The smallest absolute Gasteiger partial charge is 0.248 e. The van der Waals surface area contributed by atoms with Crippen LogP contribution in [0.25, 0.3) is 45.5 Å². The molecule has 0 unspecified atom stereocenters. The first-order valence-corrected chi connectivity index (χ1v) is 11.2. The molecule has 0 bridgehead atoms. The molecule has 5 aromatic rings. The predicted octanol–water partition coefficient (Wildman–Crippen LogP) is 6.38. The van der Waals surface area contributed by atoms with Gasteiger partial charge >= 0.3 is 0 Å². The van der Waals surface area contributed by atoms with E-state index in [2.05, 4.69) is 49.2 Å². The fourth-order valence-electron chi connectivity index (χ4n) is 4.06. The summed E-state index contributed by atoms with van der Waals surface area (Å²) < 4.78 is 8.02. The number of allylic oxidation sites excluding steroid dienone is 4. The number of hydrogen-bond donors (Lipinski definition) is 0. The Balaban J connectivity index is 1.37. The van der Waals surface area contributed by atoms with E-state index in [-0.39, 0.29) is 0 Å². The van der Waals surface area contributed by atoms with E-state index in [0.717, 1.165) is 52.4 Å². The molecule has 3 aromatic carbocycles. The van der Waals surface area contributed by atoms with Crippen molar-refractivity contribution in [3.8, 4) is 39.9 Å². The molecular formula is C28H21N5O. The van der Waals surface area contributed by atoms with Gasteiger partial charge in [0.05, 0.1) is 0 Å². The zero-order valence-corrected chi connectivity index (χ0v) is 18.4. The van der Waals surface area contributed by atoms with E-state index < -0.39 is 0 Å². The normalized spacial score (nSPS) is 13.1. The second-order valence-corrected chi connectivity index (χ2v) is 8.01. The summed E-state index contributed by atoms with van der Waals surface area (Å²) >= 11 is 0. The Morgan fingerprint density at radius 3 is 1.88 bits per heavy atom. The third-order valence-corrected chi connectivity index (χ3v) is 5.77. The predicted molar refractivity (Wildman–Crippen MR) is 132 cm³/mol. The molecule has 6 rings (SSSR count). The van der Waals surface area contributed by atoms with Gasteiger partial charge in [-0.05, 0) is 37.1 Å². The molecule has 6 nitrogen and oxygen atoms in total. The van der Waals surface area contributed by atoms with E-state index in [9.17, 15) is 0 Å². The van der Waals surface area contributed by atoms with Crippen molar-refractivity contribution < 1.29 is 4.42 Å². The summed E-state index contributed by atoms with van der Waals surface area (Å²) in [6.45, 7) is 0. The van der Waals surface area contributed by atoms with Crippen molar-refractivity contribution in [2.75, 3.05) is 0 Å². The zero-order chi connectivity index (χ0) is 22.7. The summed E-state index contributed by atoms with van der Waals surface area (Å²) in [5, 5.41) is 17.6. The highest BCUT2D eigenvalue weighted by molar-refractivity contribution is 5.71. The van der Waals surface area contributed by atoms with Crippen molar-refractivity contribution >= 4 is 5.57 Å². The Hall–Kier alpha value is -4.58. The van der Waals surface area contributed by atoms with E-state index in [4.69, 9.17) is 4.42 Å². The summed E-state index contributed by atoms with van der Waals surface area (Å²) in [4.78, 5) is 0. The first kappa shape index (κ1) is 20.1. The second kappa shape index (κ2) is 8.75. The minimum atomic E-state index is 0.496. The van der Waals surface area contributed by atoms with Crippen LogP contribution in [0, 0.1) is 0 Å². The van der Waals surface area contributed by atoms with Crippen LogP contribution in [0.4, 0.5) is 0 Å². The molecule has 0 radical (unpaired) electrons. The number of nitrogens with zero attached hydrogens (tertiary/aromatic N) is 5. The minimum Gasteiger partial charge on any atom is -0.416 e. The second-order valence-electron chi connectivity index (χ2n) is 8.01. The SMILES string of the molecule is C1=CC(c2nnc(-c3ccc(-c4nnc(-c5ccccc5)n4-c4ccccc4)cc3)o2)=CCC1. The van der Waals surface area contributed by atoms with Gasteiger partial charge in [0.2, 0.25) is 11.8 Å². The molecule has 0 atom stereocenters. The first-order chi connectivity index (χ1) is 16.9. The van der Waals surface area contributed by atoms with Crippen LogP contribution in [0.3, 0.4) is 0 Å². The van der Waals surface area contributed by atoms with Crippen LogP contribution >= 0.6 is 0 Å². The highest BCUT2D eigenvalue weighted by atomic mass is 16.4. The van der Waals surface area contributed by atoms with Crippen molar-refractivity contribution in [1.82, 2.24) is 25.0 Å². The summed E-state index contributed by atoms with van der Waals surface area (Å²) in [6.07, 6.45) is 8.32. The van der Waals surface area contributed by atoms with Crippen molar-refractivity contribution in [2.45, 2.75) is 12.8 Å². The molecule has 0 spiro atoms. The van der Waals surface area contributed by atoms with Gasteiger partial charge in [-0.3, -0.25) is 4.57 Å². The fraction of sp³-hybridized carbons (Fsp3) is 0.0714. The molecule has 1 aliphatic rings. The lowest BCUT2D eigenvalue weighted by Crippen LogP contribution is -2.00. The highest BCUT2D eigenvalue weighted by Crippen LogP contribution is 2.30. The van der Waals surface area contributed by atoms with Crippen LogP contribution in [0.1, 0.15) is 18.7 Å². The third-order valence-electron chi connectivity index (χ3n) is 5.77. The maximum absolute atomic E-state index is 5.93. The number of hydrogen-bond acceptors (Lipinski definition) is 5.